The van der Waals surface area contributed by atoms with E-state index in [1.165, 1.54) is 6.92 Å². The lowest BCUT2D eigenvalue weighted by molar-refractivity contribution is -0.138. The largest absolute Gasteiger partial charge is 0.481 e. The molecule has 16 heavy (non-hydrogen) atoms. The highest BCUT2D eigenvalue weighted by Crippen LogP contribution is 2.07. The molecule has 0 spiro atoms. The van der Waals surface area contributed by atoms with Gasteiger partial charge in [0.05, 0.1) is 6.42 Å². The molecule has 0 aliphatic heterocycles. The van der Waals surface area contributed by atoms with E-state index in [-0.39, 0.29) is 6.42 Å². The molecule has 0 fully saturated rings. The van der Waals surface area contributed by atoms with E-state index in [1.807, 2.05) is 0 Å². The van der Waals surface area contributed by atoms with E-state index in [0.717, 1.165) is 0 Å². The predicted molar refractivity (Wildman–Crippen MR) is 56.7 cm³/mol. The zero-order valence-corrected chi connectivity index (χ0v) is 9.53. The summed E-state index contributed by atoms with van der Waals surface area (Å²) in [5.41, 5.74) is 4.06. The lowest BCUT2D eigenvalue weighted by Crippen LogP contribution is -2.53. The summed E-state index contributed by atoms with van der Waals surface area (Å²) in [5.74, 6) is -1.68. The molecule has 5 N–H and O–H groups in total. The molecule has 0 rings (SSSR count). The Labute approximate surface area is 93.4 Å². The van der Waals surface area contributed by atoms with E-state index >= 15 is 0 Å². The van der Waals surface area contributed by atoms with Crippen LogP contribution < -0.4 is 16.4 Å². The highest BCUT2D eigenvalue weighted by Gasteiger charge is 2.24. The summed E-state index contributed by atoms with van der Waals surface area (Å²) < 4.78 is 0. The van der Waals surface area contributed by atoms with Crippen LogP contribution in [0.3, 0.4) is 0 Å². The number of carboxylic acids is 1. The van der Waals surface area contributed by atoms with E-state index in [2.05, 4.69) is 10.6 Å². The minimum absolute atomic E-state index is 0.217. The molecule has 0 saturated carbocycles. The monoisotopic (exact) mass is 231 g/mol. The summed E-state index contributed by atoms with van der Waals surface area (Å²) >= 11 is 0. The van der Waals surface area contributed by atoms with Gasteiger partial charge in [-0.05, 0) is 20.8 Å². The molecular formula is C9H17N3O4. The fourth-order valence-corrected chi connectivity index (χ4v) is 1.03. The molecule has 0 aliphatic carbocycles. The van der Waals surface area contributed by atoms with Crippen LogP contribution >= 0.6 is 0 Å². The molecule has 92 valence electrons. The molecule has 0 radical (unpaired) electrons. The van der Waals surface area contributed by atoms with E-state index in [1.54, 1.807) is 13.8 Å². The van der Waals surface area contributed by atoms with Crippen molar-refractivity contribution in [3.8, 4) is 0 Å². The summed E-state index contributed by atoms with van der Waals surface area (Å²) in [7, 11) is 0. The number of hydrogen-bond acceptors (Lipinski definition) is 3. The lowest BCUT2D eigenvalue weighted by Gasteiger charge is -2.25. The first kappa shape index (κ1) is 14.2. The number of amides is 3. The predicted octanol–water partition coefficient (Wildman–Crippen LogP) is -0.587. The number of carbonyl (C=O) groups is 3. The second-order valence-electron chi connectivity index (χ2n) is 4.18. The SMILES string of the molecule is CC(NC(=O)NC(C)(C)CC(=O)O)C(N)=O. The maximum Gasteiger partial charge on any atom is 0.315 e. The van der Waals surface area contributed by atoms with Crippen LogP contribution in [0.5, 0.6) is 0 Å². The Hall–Kier alpha value is -1.79. The minimum Gasteiger partial charge on any atom is -0.481 e. The number of primary amides is 1. The quantitative estimate of drug-likeness (QED) is 0.505. The molecular weight excluding hydrogens is 214 g/mol. The van der Waals surface area contributed by atoms with Crippen molar-refractivity contribution < 1.29 is 19.5 Å². The number of urea groups is 1. The number of rotatable bonds is 5. The highest BCUT2D eigenvalue weighted by molar-refractivity contribution is 5.85. The van der Waals surface area contributed by atoms with Gasteiger partial charge in [0.25, 0.3) is 0 Å². The second kappa shape index (κ2) is 5.34. The van der Waals surface area contributed by atoms with Crippen molar-refractivity contribution in [1.29, 1.82) is 0 Å². The first-order valence-electron chi connectivity index (χ1n) is 4.74. The summed E-state index contributed by atoms with van der Waals surface area (Å²) in [4.78, 5) is 32.5. The smallest absolute Gasteiger partial charge is 0.315 e. The maximum atomic E-state index is 11.3. The second-order valence-corrected chi connectivity index (χ2v) is 4.18. The van der Waals surface area contributed by atoms with Crippen LogP contribution in [0.2, 0.25) is 0 Å². The Morgan fingerprint density at radius 3 is 2.25 bits per heavy atom. The van der Waals surface area contributed by atoms with Gasteiger partial charge in [-0.2, -0.15) is 0 Å². The first-order chi connectivity index (χ1) is 7.14. The van der Waals surface area contributed by atoms with Crippen LogP contribution in [0.1, 0.15) is 27.2 Å². The van der Waals surface area contributed by atoms with Gasteiger partial charge in [0.15, 0.2) is 0 Å². The molecule has 1 unspecified atom stereocenters. The fourth-order valence-electron chi connectivity index (χ4n) is 1.03. The third-order valence-corrected chi connectivity index (χ3v) is 1.82. The zero-order valence-electron chi connectivity index (χ0n) is 9.53. The number of aliphatic carboxylic acids is 1. The summed E-state index contributed by atoms with van der Waals surface area (Å²) in [5, 5.41) is 13.3. The lowest BCUT2D eigenvalue weighted by atomic mass is 10.0. The Morgan fingerprint density at radius 2 is 1.88 bits per heavy atom. The Kier molecular flexibility index (Phi) is 4.74. The third kappa shape index (κ3) is 5.84. The van der Waals surface area contributed by atoms with Gasteiger partial charge < -0.3 is 21.5 Å². The fraction of sp³-hybridized carbons (Fsp3) is 0.667. The Bertz CT molecular complexity index is 301. The van der Waals surface area contributed by atoms with E-state index in [0.29, 0.717) is 0 Å². The molecule has 0 bridgehead atoms. The van der Waals surface area contributed by atoms with E-state index < -0.39 is 29.5 Å². The minimum atomic E-state index is -1.02. The van der Waals surface area contributed by atoms with Crippen molar-refractivity contribution in [1.82, 2.24) is 10.6 Å². The van der Waals surface area contributed by atoms with Gasteiger partial charge in [-0.15, -0.1) is 0 Å². The van der Waals surface area contributed by atoms with Gasteiger partial charge in [-0.1, -0.05) is 0 Å². The van der Waals surface area contributed by atoms with Gasteiger partial charge in [0.2, 0.25) is 5.91 Å². The van der Waals surface area contributed by atoms with Gasteiger partial charge in [0, 0.05) is 5.54 Å². The topological polar surface area (TPSA) is 122 Å². The maximum absolute atomic E-state index is 11.3. The van der Waals surface area contributed by atoms with E-state index in [9.17, 15) is 14.4 Å². The van der Waals surface area contributed by atoms with Crippen LogP contribution in [0.15, 0.2) is 0 Å². The van der Waals surface area contributed by atoms with Crippen molar-refractivity contribution in [2.24, 2.45) is 5.73 Å². The number of nitrogens with one attached hydrogen (secondary N) is 2. The van der Waals surface area contributed by atoms with Crippen LogP contribution in [0, 0.1) is 0 Å². The van der Waals surface area contributed by atoms with Gasteiger partial charge >= 0.3 is 12.0 Å². The molecule has 7 heteroatoms. The van der Waals surface area contributed by atoms with Crippen molar-refractivity contribution in [2.75, 3.05) is 0 Å². The number of nitrogens with two attached hydrogens (primary N) is 1. The average Bonchev–Trinajstić information content (AvgIpc) is 1.98. The van der Waals surface area contributed by atoms with Crippen molar-refractivity contribution in [3.63, 3.8) is 0 Å². The van der Waals surface area contributed by atoms with Crippen molar-refractivity contribution in [3.05, 3.63) is 0 Å². The molecule has 0 aromatic heterocycles. The molecule has 0 heterocycles. The number of hydrogen-bond donors (Lipinski definition) is 4. The standard InChI is InChI=1S/C9H17N3O4/c1-5(7(10)15)11-8(16)12-9(2,3)4-6(13)14/h5H,4H2,1-3H3,(H2,10,15)(H,13,14)(H2,11,12,16). The molecule has 0 aromatic carbocycles. The molecule has 1 atom stereocenters. The highest BCUT2D eigenvalue weighted by atomic mass is 16.4. The zero-order chi connectivity index (χ0) is 12.9. The van der Waals surface area contributed by atoms with Crippen LogP contribution in [-0.4, -0.2) is 34.6 Å². The number of carboxylic acid groups (broad SMARTS) is 1. The molecule has 0 aromatic rings. The summed E-state index contributed by atoms with van der Waals surface area (Å²) in [6.45, 7) is 4.57. The molecule has 0 aliphatic rings. The third-order valence-electron chi connectivity index (χ3n) is 1.82. The van der Waals surface area contributed by atoms with Crippen molar-refractivity contribution >= 4 is 17.9 Å². The van der Waals surface area contributed by atoms with Crippen LogP contribution in [-0.2, 0) is 9.59 Å². The summed E-state index contributed by atoms with van der Waals surface area (Å²) in [6.07, 6.45) is -0.217. The molecule has 0 saturated heterocycles. The summed E-state index contributed by atoms with van der Waals surface area (Å²) in [6, 6.07) is -1.43. The Balaban J connectivity index is 4.23. The van der Waals surface area contributed by atoms with Crippen LogP contribution in [0.4, 0.5) is 4.79 Å². The van der Waals surface area contributed by atoms with Gasteiger partial charge in [0.1, 0.15) is 6.04 Å². The Morgan fingerprint density at radius 1 is 1.38 bits per heavy atom. The van der Waals surface area contributed by atoms with E-state index in [4.69, 9.17) is 10.8 Å². The van der Waals surface area contributed by atoms with Gasteiger partial charge in [-0.3, -0.25) is 9.59 Å². The average molecular weight is 231 g/mol. The van der Waals surface area contributed by atoms with Gasteiger partial charge in [-0.25, -0.2) is 4.79 Å². The molecule has 7 nitrogen and oxygen atoms in total. The first-order valence-corrected chi connectivity index (χ1v) is 4.74. The molecule has 3 amide bonds. The normalized spacial score (nSPS) is 12.7. The number of carbonyl (C=O) groups excluding carboxylic acids is 2. The van der Waals surface area contributed by atoms with Crippen LogP contribution in [0.25, 0.3) is 0 Å². The van der Waals surface area contributed by atoms with Crippen molar-refractivity contribution in [2.45, 2.75) is 38.8 Å².